The molecule has 152 valence electrons. The third-order valence-electron chi connectivity index (χ3n) is 4.30. The van der Waals surface area contributed by atoms with Crippen LogP contribution < -0.4 is 20.2 Å². The molecule has 0 atom stereocenters. The van der Waals surface area contributed by atoms with Gasteiger partial charge in [-0.3, -0.25) is 9.59 Å². The topological polar surface area (TPSA) is 87.0 Å². The Labute approximate surface area is 168 Å². The maximum Gasteiger partial charge on any atom is 0.257 e. The molecule has 29 heavy (non-hydrogen) atoms. The van der Waals surface area contributed by atoms with Gasteiger partial charge in [-0.2, -0.15) is 0 Å². The minimum atomic E-state index is -0.329. The van der Waals surface area contributed by atoms with Crippen LogP contribution in [-0.4, -0.2) is 39.9 Å². The largest absolute Gasteiger partial charge is 0.497 e. The molecule has 7 heteroatoms. The first-order chi connectivity index (χ1) is 14.1. The van der Waals surface area contributed by atoms with Crippen molar-refractivity contribution in [1.82, 2.24) is 5.32 Å². The Kier molecular flexibility index (Phi) is 6.86. The summed E-state index contributed by atoms with van der Waals surface area (Å²) in [6, 6.07) is 14.0. The zero-order chi connectivity index (χ0) is 20.6. The van der Waals surface area contributed by atoms with E-state index in [0.717, 1.165) is 0 Å². The van der Waals surface area contributed by atoms with E-state index in [-0.39, 0.29) is 29.5 Å². The third kappa shape index (κ3) is 4.94. The number of benzene rings is 2. The van der Waals surface area contributed by atoms with Crippen LogP contribution in [0.1, 0.15) is 6.42 Å². The average Bonchev–Trinajstić information content (AvgIpc) is 2.76. The molecule has 1 heterocycles. The van der Waals surface area contributed by atoms with Crippen molar-refractivity contribution in [2.24, 2.45) is 0 Å². The van der Waals surface area contributed by atoms with Gasteiger partial charge in [-0.05, 0) is 42.8 Å². The van der Waals surface area contributed by atoms with Gasteiger partial charge in [-0.15, -0.1) is 0 Å². The number of hydrogen-bond acceptors (Lipinski definition) is 6. The van der Waals surface area contributed by atoms with Gasteiger partial charge in [0.1, 0.15) is 11.3 Å². The second-order valence-corrected chi connectivity index (χ2v) is 6.30. The summed E-state index contributed by atoms with van der Waals surface area (Å²) in [5.41, 5.74) is 0.758. The Morgan fingerprint density at radius 1 is 1.07 bits per heavy atom. The van der Waals surface area contributed by atoms with E-state index < -0.39 is 0 Å². The van der Waals surface area contributed by atoms with E-state index in [1.807, 2.05) is 0 Å². The molecule has 7 nitrogen and oxygen atoms in total. The zero-order valence-corrected chi connectivity index (χ0v) is 16.4. The molecule has 1 N–H and O–H groups in total. The Morgan fingerprint density at radius 3 is 2.55 bits per heavy atom. The molecule has 0 aliphatic heterocycles. The third-order valence-corrected chi connectivity index (χ3v) is 4.30. The lowest BCUT2D eigenvalue weighted by molar-refractivity contribution is -0.123. The van der Waals surface area contributed by atoms with Gasteiger partial charge in [0.25, 0.3) is 5.91 Å². The van der Waals surface area contributed by atoms with Crippen molar-refractivity contribution < 1.29 is 23.4 Å². The lowest BCUT2D eigenvalue weighted by Crippen LogP contribution is -2.31. The highest BCUT2D eigenvalue weighted by Gasteiger charge is 2.18. The number of para-hydroxylation sites is 1. The number of amides is 1. The van der Waals surface area contributed by atoms with Crippen molar-refractivity contribution in [3.05, 3.63) is 58.8 Å². The second kappa shape index (κ2) is 9.75. The van der Waals surface area contributed by atoms with Gasteiger partial charge in [-0.25, -0.2) is 0 Å². The van der Waals surface area contributed by atoms with Crippen LogP contribution in [0.15, 0.2) is 57.7 Å². The highest BCUT2D eigenvalue weighted by atomic mass is 16.5. The molecule has 0 radical (unpaired) electrons. The first-order valence-electron chi connectivity index (χ1n) is 9.22. The summed E-state index contributed by atoms with van der Waals surface area (Å²) in [4.78, 5) is 25.1. The van der Waals surface area contributed by atoms with Gasteiger partial charge in [-0.1, -0.05) is 12.1 Å². The van der Waals surface area contributed by atoms with Crippen LogP contribution in [0.25, 0.3) is 22.3 Å². The van der Waals surface area contributed by atoms with E-state index in [2.05, 4.69) is 5.32 Å². The van der Waals surface area contributed by atoms with Gasteiger partial charge in [0.2, 0.25) is 11.2 Å². The Hall–Kier alpha value is -3.32. The number of methoxy groups -OCH3 is 2. The van der Waals surface area contributed by atoms with Crippen molar-refractivity contribution in [1.29, 1.82) is 0 Å². The quantitative estimate of drug-likeness (QED) is 0.559. The van der Waals surface area contributed by atoms with E-state index in [1.54, 1.807) is 62.8 Å². The van der Waals surface area contributed by atoms with Crippen molar-refractivity contribution in [2.75, 3.05) is 34.0 Å². The fourth-order valence-electron chi connectivity index (χ4n) is 2.82. The summed E-state index contributed by atoms with van der Waals surface area (Å²) >= 11 is 0. The maximum absolute atomic E-state index is 13.0. The molecule has 0 saturated carbocycles. The lowest BCUT2D eigenvalue weighted by atomic mass is 10.1. The van der Waals surface area contributed by atoms with Crippen molar-refractivity contribution in [2.45, 2.75) is 6.42 Å². The summed E-state index contributed by atoms with van der Waals surface area (Å²) < 4.78 is 21.7. The summed E-state index contributed by atoms with van der Waals surface area (Å²) in [6.07, 6.45) is 0.692. The Balaban J connectivity index is 1.90. The molecule has 0 spiro atoms. The molecule has 0 aliphatic carbocycles. The lowest BCUT2D eigenvalue weighted by Gasteiger charge is -2.12. The molecular formula is C22H23NO6. The molecule has 0 fully saturated rings. The summed E-state index contributed by atoms with van der Waals surface area (Å²) in [5, 5.41) is 3.11. The minimum absolute atomic E-state index is 0.000841. The van der Waals surface area contributed by atoms with Crippen molar-refractivity contribution >= 4 is 16.9 Å². The van der Waals surface area contributed by atoms with Crippen LogP contribution in [0.3, 0.4) is 0 Å². The van der Waals surface area contributed by atoms with E-state index in [0.29, 0.717) is 41.9 Å². The average molecular weight is 397 g/mol. The maximum atomic E-state index is 13.0. The van der Waals surface area contributed by atoms with Gasteiger partial charge >= 0.3 is 0 Å². The fraction of sp³-hybridized carbons (Fsp3) is 0.273. The number of fused-ring (bicyclic) bond motifs is 1. The normalized spacial score (nSPS) is 10.7. The minimum Gasteiger partial charge on any atom is -0.497 e. The number of nitrogens with one attached hydrogen (secondary N) is 1. The van der Waals surface area contributed by atoms with Crippen LogP contribution in [0.2, 0.25) is 0 Å². The van der Waals surface area contributed by atoms with Gasteiger partial charge in [0.15, 0.2) is 12.4 Å². The highest BCUT2D eigenvalue weighted by Crippen LogP contribution is 2.31. The molecule has 0 bridgehead atoms. The highest BCUT2D eigenvalue weighted by molar-refractivity contribution is 5.83. The van der Waals surface area contributed by atoms with E-state index in [4.69, 9.17) is 18.6 Å². The van der Waals surface area contributed by atoms with Gasteiger partial charge in [0, 0.05) is 25.8 Å². The van der Waals surface area contributed by atoms with Crippen LogP contribution in [0.4, 0.5) is 0 Å². The zero-order valence-electron chi connectivity index (χ0n) is 16.4. The number of ether oxygens (including phenoxy) is 3. The molecule has 0 saturated heterocycles. The molecule has 2 aromatic carbocycles. The molecule has 1 amide bonds. The smallest absolute Gasteiger partial charge is 0.257 e. The van der Waals surface area contributed by atoms with E-state index >= 15 is 0 Å². The Bertz CT molecular complexity index is 1030. The van der Waals surface area contributed by atoms with Crippen LogP contribution in [0, 0.1) is 0 Å². The Morgan fingerprint density at radius 2 is 1.83 bits per heavy atom. The molecule has 3 aromatic rings. The van der Waals surface area contributed by atoms with E-state index in [1.165, 1.54) is 0 Å². The fourth-order valence-corrected chi connectivity index (χ4v) is 2.82. The molecule has 1 aromatic heterocycles. The summed E-state index contributed by atoms with van der Waals surface area (Å²) in [5.74, 6) is 0.619. The number of hydrogen-bond donors (Lipinski definition) is 1. The number of carbonyl (C=O) groups is 1. The molecule has 0 aliphatic rings. The summed E-state index contributed by atoms with van der Waals surface area (Å²) in [6.45, 7) is 0.726. The number of carbonyl (C=O) groups excluding carboxylic acids is 1. The van der Waals surface area contributed by atoms with Crippen molar-refractivity contribution in [3.63, 3.8) is 0 Å². The monoisotopic (exact) mass is 397 g/mol. The van der Waals surface area contributed by atoms with Gasteiger partial charge in [0.05, 0.1) is 12.5 Å². The van der Waals surface area contributed by atoms with Crippen LogP contribution in [0.5, 0.6) is 11.5 Å². The van der Waals surface area contributed by atoms with Crippen LogP contribution >= 0.6 is 0 Å². The van der Waals surface area contributed by atoms with Crippen LogP contribution in [-0.2, 0) is 9.53 Å². The molecular weight excluding hydrogens is 374 g/mol. The van der Waals surface area contributed by atoms with Gasteiger partial charge < -0.3 is 23.9 Å². The summed E-state index contributed by atoms with van der Waals surface area (Å²) in [7, 11) is 3.18. The first kappa shape index (κ1) is 20.4. The standard InChI is InChI=1S/C22H23NO6/c1-26-13-5-12-23-19(24)14-28-22-20(25)17-6-3-4-7-18(17)29-21(22)15-8-10-16(27-2)11-9-15/h3-4,6-11H,5,12-14H2,1-2H3,(H,23,24). The SMILES string of the molecule is COCCCNC(=O)COc1c(-c2ccc(OC)cc2)oc2ccccc2c1=O. The van der Waals surface area contributed by atoms with Crippen molar-refractivity contribution in [3.8, 4) is 22.8 Å². The molecule has 3 rings (SSSR count). The number of rotatable bonds is 9. The second-order valence-electron chi connectivity index (χ2n) is 6.30. The predicted molar refractivity (Wildman–Crippen MR) is 109 cm³/mol. The predicted octanol–water partition coefficient (Wildman–Crippen LogP) is 3.00. The molecule has 0 unspecified atom stereocenters. The first-order valence-corrected chi connectivity index (χ1v) is 9.22. The van der Waals surface area contributed by atoms with E-state index in [9.17, 15) is 9.59 Å².